The van der Waals surface area contributed by atoms with Crippen LogP contribution in [0.15, 0.2) is 71.9 Å². The van der Waals surface area contributed by atoms with E-state index < -0.39 is 50.3 Å². The van der Waals surface area contributed by atoms with Gasteiger partial charge < -0.3 is 10.4 Å². The summed E-state index contributed by atoms with van der Waals surface area (Å²) in [5.41, 5.74) is 4.44. The number of sulfonamides is 2. The zero-order valence-corrected chi connectivity index (χ0v) is 26.1. The van der Waals surface area contributed by atoms with Gasteiger partial charge in [0, 0.05) is 37.9 Å². The van der Waals surface area contributed by atoms with Gasteiger partial charge in [0.1, 0.15) is 6.54 Å². The maximum Gasteiger partial charge on any atom is 0.318 e. The van der Waals surface area contributed by atoms with E-state index in [9.17, 15) is 26.4 Å². The first-order valence-corrected chi connectivity index (χ1v) is 17.0. The second kappa shape index (κ2) is 15.2. The first-order chi connectivity index (χ1) is 20.4. The molecule has 1 aromatic heterocycles. The third-order valence-electron chi connectivity index (χ3n) is 7.00. The summed E-state index contributed by atoms with van der Waals surface area (Å²) >= 11 is 0. The third-order valence-corrected chi connectivity index (χ3v) is 10.5. The molecule has 0 fully saturated rings. The quantitative estimate of drug-likeness (QED) is 0.217. The van der Waals surface area contributed by atoms with Crippen molar-refractivity contribution >= 4 is 31.9 Å². The van der Waals surface area contributed by atoms with Crippen molar-refractivity contribution in [3.63, 3.8) is 0 Å². The molecule has 1 heterocycles. The number of pyridine rings is 1. The SMILES string of the molecule is CCc1cnccc1-c1cccc(C(C)N(CCCC(=O)NCCS(=O)(=O)NCC(=O)O)S(=O)(=O)c2ccccc2C)c1. The molecule has 1 amide bonds. The first-order valence-electron chi connectivity index (χ1n) is 13.9. The van der Waals surface area contributed by atoms with E-state index in [2.05, 4.69) is 17.2 Å². The molecule has 43 heavy (non-hydrogen) atoms. The molecule has 1 unspecified atom stereocenters. The van der Waals surface area contributed by atoms with E-state index in [0.717, 1.165) is 28.7 Å². The largest absolute Gasteiger partial charge is 0.480 e. The lowest BCUT2D eigenvalue weighted by atomic mass is 9.97. The number of hydrogen-bond acceptors (Lipinski definition) is 7. The Kier molecular flexibility index (Phi) is 12.0. The predicted octanol–water partition coefficient (Wildman–Crippen LogP) is 3.27. The van der Waals surface area contributed by atoms with Crippen LogP contribution in [-0.4, -0.2) is 68.5 Å². The molecular formula is C30H38N4O7S2. The molecule has 13 heteroatoms. The van der Waals surface area contributed by atoms with E-state index in [0.29, 0.717) is 5.56 Å². The van der Waals surface area contributed by atoms with Crippen molar-refractivity contribution in [1.29, 1.82) is 0 Å². The summed E-state index contributed by atoms with van der Waals surface area (Å²) in [7, 11) is -7.83. The van der Waals surface area contributed by atoms with Crippen LogP contribution in [0.1, 0.15) is 49.4 Å². The van der Waals surface area contributed by atoms with E-state index in [1.165, 1.54) is 4.31 Å². The fourth-order valence-electron chi connectivity index (χ4n) is 4.67. The van der Waals surface area contributed by atoms with Crippen molar-refractivity contribution in [3.05, 3.63) is 83.7 Å². The highest BCUT2D eigenvalue weighted by atomic mass is 32.2. The van der Waals surface area contributed by atoms with Crippen LogP contribution in [0.25, 0.3) is 11.1 Å². The Morgan fingerprint density at radius 2 is 1.79 bits per heavy atom. The second-order valence-corrected chi connectivity index (χ2v) is 13.8. The normalized spacial score (nSPS) is 12.7. The smallest absolute Gasteiger partial charge is 0.318 e. The van der Waals surface area contributed by atoms with E-state index in [4.69, 9.17) is 5.11 Å². The molecule has 0 aliphatic rings. The molecule has 0 saturated carbocycles. The van der Waals surface area contributed by atoms with E-state index >= 15 is 0 Å². The van der Waals surface area contributed by atoms with Gasteiger partial charge in [0.15, 0.2) is 0 Å². The van der Waals surface area contributed by atoms with Crippen molar-refractivity contribution in [2.24, 2.45) is 0 Å². The number of nitrogens with zero attached hydrogens (tertiary/aromatic N) is 2. The number of carbonyl (C=O) groups is 2. The Bertz CT molecular complexity index is 1640. The molecule has 0 saturated heterocycles. The van der Waals surface area contributed by atoms with Gasteiger partial charge in [0.05, 0.1) is 10.6 Å². The third kappa shape index (κ3) is 9.42. The van der Waals surface area contributed by atoms with Crippen LogP contribution in [-0.2, 0) is 36.1 Å². The maximum atomic E-state index is 14.0. The van der Waals surface area contributed by atoms with Crippen LogP contribution in [0.3, 0.4) is 0 Å². The van der Waals surface area contributed by atoms with Crippen LogP contribution in [0.2, 0.25) is 0 Å². The van der Waals surface area contributed by atoms with Gasteiger partial charge in [0.2, 0.25) is 26.0 Å². The zero-order chi connectivity index (χ0) is 31.6. The lowest BCUT2D eigenvalue weighted by Gasteiger charge is -2.29. The highest BCUT2D eigenvalue weighted by Gasteiger charge is 2.31. The fraction of sp³-hybridized carbons (Fsp3) is 0.367. The van der Waals surface area contributed by atoms with Crippen LogP contribution in [0, 0.1) is 6.92 Å². The minimum atomic E-state index is -3.96. The van der Waals surface area contributed by atoms with E-state index in [1.807, 2.05) is 48.2 Å². The lowest BCUT2D eigenvalue weighted by molar-refractivity contribution is -0.135. The molecule has 0 spiro atoms. The maximum absolute atomic E-state index is 14.0. The topological polar surface area (TPSA) is 163 Å². The van der Waals surface area contributed by atoms with Crippen molar-refractivity contribution < 1.29 is 31.5 Å². The predicted molar refractivity (Wildman–Crippen MR) is 164 cm³/mol. The molecular weight excluding hydrogens is 592 g/mol. The number of benzene rings is 2. The molecule has 0 aliphatic heterocycles. The van der Waals surface area contributed by atoms with Crippen molar-refractivity contribution in [2.75, 3.05) is 25.4 Å². The summed E-state index contributed by atoms with van der Waals surface area (Å²) in [6.45, 7) is 4.69. The lowest BCUT2D eigenvalue weighted by Crippen LogP contribution is -2.37. The van der Waals surface area contributed by atoms with Crippen LogP contribution in [0.5, 0.6) is 0 Å². The molecule has 0 aliphatic carbocycles. The molecule has 1 atom stereocenters. The fourth-order valence-corrected chi connectivity index (χ4v) is 7.41. The molecule has 3 rings (SSSR count). The highest BCUT2D eigenvalue weighted by molar-refractivity contribution is 7.89. The number of carboxylic acids is 1. The monoisotopic (exact) mass is 630 g/mol. The molecule has 2 aromatic carbocycles. The van der Waals surface area contributed by atoms with Crippen molar-refractivity contribution in [2.45, 2.75) is 51.0 Å². The Morgan fingerprint density at radius 1 is 1.05 bits per heavy atom. The number of amides is 1. The summed E-state index contributed by atoms with van der Waals surface area (Å²) in [5.74, 6) is -2.24. The van der Waals surface area contributed by atoms with E-state index in [-0.39, 0.29) is 30.8 Å². The number of aryl methyl sites for hydroxylation is 2. The summed E-state index contributed by atoms with van der Waals surface area (Å²) < 4.78 is 55.0. The molecule has 3 N–H and O–H groups in total. The van der Waals surface area contributed by atoms with Crippen LogP contribution >= 0.6 is 0 Å². The number of carboxylic acid groups (broad SMARTS) is 1. The van der Waals surface area contributed by atoms with Crippen molar-refractivity contribution in [3.8, 4) is 11.1 Å². The number of aliphatic carboxylic acids is 1. The summed E-state index contributed by atoms with van der Waals surface area (Å²) in [6.07, 6.45) is 4.50. The average molecular weight is 631 g/mol. The van der Waals surface area contributed by atoms with Crippen molar-refractivity contribution in [1.82, 2.24) is 19.3 Å². The summed E-state index contributed by atoms with van der Waals surface area (Å²) in [5, 5.41) is 11.1. The van der Waals surface area contributed by atoms with Gasteiger partial charge in [-0.3, -0.25) is 14.6 Å². The number of rotatable bonds is 16. The molecule has 0 radical (unpaired) electrons. The second-order valence-electron chi connectivity index (χ2n) is 10.1. The van der Waals surface area contributed by atoms with Gasteiger partial charge in [-0.15, -0.1) is 0 Å². The molecule has 11 nitrogen and oxygen atoms in total. The van der Waals surface area contributed by atoms with Gasteiger partial charge in [-0.1, -0.05) is 43.3 Å². The Hall–Kier alpha value is -3.65. The number of aromatic nitrogens is 1. The van der Waals surface area contributed by atoms with Gasteiger partial charge in [-0.25, -0.2) is 21.6 Å². The highest BCUT2D eigenvalue weighted by Crippen LogP contribution is 2.32. The first kappa shape index (κ1) is 33.8. The summed E-state index contributed by atoms with van der Waals surface area (Å²) in [6, 6.07) is 15.9. The van der Waals surface area contributed by atoms with Gasteiger partial charge >= 0.3 is 5.97 Å². The van der Waals surface area contributed by atoms with Crippen LogP contribution < -0.4 is 10.0 Å². The Morgan fingerprint density at radius 3 is 2.49 bits per heavy atom. The Labute approximate surface area is 253 Å². The molecule has 232 valence electrons. The average Bonchev–Trinajstić information content (AvgIpc) is 2.98. The van der Waals surface area contributed by atoms with Gasteiger partial charge in [-0.05, 0) is 72.7 Å². The minimum Gasteiger partial charge on any atom is -0.480 e. The van der Waals surface area contributed by atoms with Crippen LogP contribution in [0.4, 0.5) is 0 Å². The minimum absolute atomic E-state index is 0.0357. The summed E-state index contributed by atoms with van der Waals surface area (Å²) in [4.78, 5) is 27.4. The van der Waals surface area contributed by atoms with Gasteiger partial charge in [0.25, 0.3) is 0 Å². The molecule has 3 aromatic rings. The number of hydrogen-bond donors (Lipinski definition) is 3. The molecule has 0 bridgehead atoms. The van der Waals surface area contributed by atoms with E-state index in [1.54, 1.807) is 37.4 Å². The Balaban J connectivity index is 1.79. The zero-order valence-electron chi connectivity index (χ0n) is 24.5. The number of nitrogens with one attached hydrogen (secondary N) is 2. The van der Waals surface area contributed by atoms with Gasteiger partial charge in [-0.2, -0.15) is 4.31 Å². The standard InChI is InChI=1S/C30H38N4O7S2/c1-4-24-20-31-15-14-27(24)26-11-7-10-25(19-26)23(3)34(43(40,41)28-12-6-5-9-22(28)2)17-8-13-29(35)32-16-18-42(38,39)33-21-30(36)37/h5-7,9-12,14-15,19-20,23,33H,4,8,13,16-18,21H2,1-3H3,(H,32,35)(H,36,37). The number of carbonyl (C=O) groups excluding carboxylic acids is 1.